The molecule has 30 heavy (non-hydrogen) atoms. The van der Waals surface area contributed by atoms with Gasteiger partial charge < -0.3 is 5.11 Å². The Morgan fingerprint density at radius 2 is 0.933 bits per heavy atom. The molecule has 1 N–H and O–H groups in total. The van der Waals surface area contributed by atoms with Gasteiger partial charge in [0.05, 0.1) is 4.83 Å². The molecule has 4 heteroatoms. The Morgan fingerprint density at radius 1 is 0.500 bits per heavy atom. The zero-order valence-corrected chi connectivity index (χ0v) is 20.9. The van der Waals surface area contributed by atoms with Gasteiger partial charge in [0.2, 0.25) is 0 Å². The Kier molecular flexibility index (Phi) is 8.88. The summed E-state index contributed by atoms with van der Waals surface area (Å²) in [4.78, 5) is 0.260. The minimum atomic E-state index is -0.552. The summed E-state index contributed by atoms with van der Waals surface area (Å²) in [7, 11) is 0. The van der Waals surface area contributed by atoms with E-state index >= 15 is 0 Å². The number of hydrogen-bond donors (Lipinski definition) is 1. The van der Waals surface area contributed by atoms with E-state index in [2.05, 4.69) is 90.3 Å². The summed E-state index contributed by atoms with van der Waals surface area (Å²) in [6, 6.07) is 36.1. The van der Waals surface area contributed by atoms with Gasteiger partial charge in [-0.1, -0.05) is 133 Å². The van der Waals surface area contributed by atoms with Gasteiger partial charge in [-0.25, -0.2) is 0 Å². The molecular formula is C26H21Br3O. The first-order valence-electron chi connectivity index (χ1n) is 9.47. The lowest BCUT2D eigenvalue weighted by Gasteiger charge is -2.11. The maximum Gasteiger partial charge on any atom is 0.104 e. The smallest absolute Gasteiger partial charge is 0.104 e. The lowest BCUT2D eigenvalue weighted by molar-refractivity contribution is 0.220. The van der Waals surface area contributed by atoms with Crippen LogP contribution in [0.5, 0.6) is 0 Å². The highest BCUT2D eigenvalue weighted by Crippen LogP contribution is 2.31. The van der Waals surface area contributed by atoms with Crippen LogP contribution in [-0.2, 0) is 0 Å². The van der Waals surface area contributed by atoms with E-state index in [0.717, 1.165) is 20.1 Å². The summed E-state index contributed by atoms with van der Waals surface area (Å²) >= 11 is 10.6. The molecule has 0 aliphatic heterocycles. The zero-order chi connectivity index (χ0) is 21.3. The monoisotopic (exact) mass is 586 g/mol. The molecule has 0 aromatic heterocycles. The Morgan fingerprint density at radius 3 is 1.47 bits per heavy atom. The zero-order valence-electron chi connectivity index (χ0n) is 16.1. The second kappa shape index (κ2) is 11.6. The van der Waals surface area contributed by atoms with Crippen molar-refractivity contribution in [3.8, 4) is 0 Å². The van der Waals surface area contributed by atoms with Crippen LogP contribution in [0.15, 0.2) is 118 Å². The minimum absolute atomic E-state index is 0.260. The molecule has 4 aromatic rings. The number of halogens is 3. The van der Waals surface area contributed by atoms with Crippen molar-refractivity contribution >= 4 is 47.8 Å². The van der Waals surface area contributed by atoms with E-state index in [4.69, 9.17) is 0 Å². The molecule has 0 aliphatic rings. The number of hydrogen-bond acceptors (Lipinski definition) is 1. The predicted molar refractivity (Wildman–Crippen MR) is 136 cm³/mol. The van der Waals surface area contributed by atoms with E-state index < -0.39 is 6.10 Å². The molecule has 1 nitrogen and oxygen atoms in total. The van der Waals surface area contributed by atoms with Crippen LogP contribution in [-0.4, -0.2) is 5.11 Å². The number of rotatable bonds is 4. The quantitative estimate of drug-likeness (QED) is 0.237. The summed E-state index contributed by atoms with van der Waals surface area (Å²) in [5.74, 6) is 0. The van der Waals surface area contributed by atoms with Crippen molar-refractivity contribution < 1.29 is 5.11 Å². The molecule has 0 saturated carbocycles. The van der Waals surface area contributed by atoms with Crippen molar-refractivity contribution in [1.29, 1.82) is 0 Å². The molecular weight excluding hydrogens is 568 g/mol. The van der Waals surface area contributed by atoms with Crippen molar-refractivity contribution in [2.75, 3.05) is 0 Å². The molecule has 4 aromatic carbocycles. The molecule has 0 saturated heterocycles. The van der Waals surface area contributed by atoms with Crippen molar-refractivity contribution in [1.82, 2.24) is 0 Å². The summed E-state index contributed by atoms with van der Waals surface area (Å²) in [5.41, 5.74) is 4.34. The van der Waals surface area contributed by atoms with Crippen LogP contribution in [0.25, 0.3) is 0 Å². The van der Waals surface area contributed by atoms with Crippen molar-refractivity contribution in [2.24, 2.45) is 0 Å². The van der Waals surface area contributed by atoms with E-state index in [1.54, 1.807) is 0 Å². The van der Waals surface area contributed by atoms with Crippen LogP contribution >= 0.6 is 47.8 Å². The van der Waals surface area contributed by atoms with Gasteiger partial charge in [0.1, 0.15) is 6.10 Å². The van der Waals surface area contributed by atoms with Gasteiger partial charge in [0.15, 0.2) is 0 Å². The molecule has 0 heterocycles. The van der Waals surface area contributed by atoms with Crippen LogP contribution in [0, 0.1) is 0 Å². The van der Waals surface area contributed by atoms with Gasteiger partial charge in [0.25, 0.3) is 0 Å². The Balaban J connectivity index is 0.000000171. The third-order valence-corrected chi connectivity index (χ3v) is 6.56. The molecule has 2 unspecified atom stereocenters. The first-order chi connectivity index (χ1) is 14.5. The third kappa shape index (κ3) is 6.64. The van der Waals surface area contributed by atoms with E-state index in [1.165, 1.54) is 11.1 Å². The highest BCUT2D eigenvalue weighted by molar-refractivity contribution is 9.10. The summed E-state index contributed by atoms with van der Waals surface area (Å²) in [6.07, 6.45) is -0.552. The van der Waals surface area contributed by atoms with Crippen molar-refractivity contribution in [3.63, 3.8) is 0 Å². The lowest BCUT2D eigenvalue weighted by Crippen LogP contribution is -1.98. The normalized spacial score (nSPS) is 12.4. The van der Waals surface area contributed by atoms with Crippen molar-refractivity contribution in [2.45, 2.75) is 10.9 Å². The molecule has 152 valence electrons. The number of aliphatic hydroxyl groups is 1. The Bertz CT molecular complexity index is 965. The highest BCUT2D eigenvalue weighted by Gasteiger charge is 2.10. The topological polar surface area (TPSA) is 20.2 Å². The average Bonchev–Trinajstić information content (AvgIpc) is 2.80. The largest absolute Gasteiger partial charge is 0.384 e. The number of benzene rings is 4. The highest BCUT2D eigenvalue weighted by atomic mass is 79.9. The fourth-order valence-electron chi connectivity index (χ4n) is 2.98. The molecule has 0 bridgehead atoms. The van der Waals surface area contributed by atoms with Gasteiger partial charge in [-0.2, -0.15) is 0 Å². The minimum Gasteiger partial charge on any atom is -0.384 e. The predicted octanol–water partition coefficient (Wildman–Crippen LogP) is 8.46. The van der Waals surface area contributed by atoms with Gasteiger partial charge >= 0.3 is 0 Å². The first kappa shape index (κ1) is 23.0. The van der Waals surface area contributed by atoms with E-state index in [0.29, 0.717) is 0 Å². The number of aliphatic hydroxyl groups excluding tert-OH is 1. The summed E-state index contributed by atoms with van der Waals surface area (Å²) < 4.78 is 2.09. The van der Waals surface area contributed by atoms with Gasteiger partial charge in [0, 0.05) is 8.95 Å². The standard InChI is InChI=1S/C13H10Br2.C13H11BrO/c2*14-12-8-4-7-11(9-12)13(15)10-5-2-1-3-6-10/h1-9,13H;1-9,13,15H. The number of alkyl halides is 1. The molecule has 2 atom stereocenters. The molecule has 4 rings (SSSR count). The third-order valence-electron chi connectivity index (χ3n) is 4.51. The maximum atomic E-state index is 10.1. The van der Waals surface area contributed by atoms with Crippen LogP contribution in [0.3, 0.4) is 0 Å². The molecule has 0 fully saturated rings. The summed E-state index contributed by atoms with van der Waals surface area (Å²) in [5, 5.41) is 10.1. The second-order valence-electron chi connectivity index (χ2n) is 6.70. The van der Waals surface area contributed by atoms with Crippen LogP contribution < -0.4 is 0 Å². The van der Waals surface area contributed by atoms with Gasteiger partial charge in [-0.05, 0) is 46.5 Å². The maximum absolute atomic E-state index is 10.1. The van der Waals surface area contributed by atoms with Gasteiger partial charge in [-0.15, -0.1) is 0 Å². The second-order valence-corrected chi connectivity index (χ2v) is 9.44. The van der Waals surface area contributed by atoms with E-state index in [1.807, 2.05) is 66.7 Å². The Hall–Kier alpha value is -1.72. The van der Waals surface area contributed by atoms with E-state index in [-0.39, 0.29) is 4.83 Å². The molecule has 0 spiro atoms. The molecule has 0 aliphatic carbocycles. The van der Waals surface area contributed by atoms with Crippen LogP contribution in [0.2, 0.25) is 0 Å². The average molecular weight is 589 g/mol. The Labute approximate surface area is 203 Å². The molecule has 0 radical (unpaired) electrons. The van der Waals surface area contributed by atoms with Crippen molar-refractivity contribution in [3.05, 3.63) is 140 Å². The fraction of sp³-hybridized carbons (Fsp3) is 0.0769. The summed E-state index contributed by atoms with van der Waals surface area (Å²) in [6.45, 7) is 0. The SMILES string of the molecule is Brc1cccc(C(Br)c2ccccc2)c1.OC(c1ccccc1)c1cccc(Br)c1. The molecule has 0 amide bonds. The van der Waals surface area contributed by atoms with E-state index in [9.17, 15) is 5.11 Å². The first-order valence-corrected chi connectivity index (χ1v) is 12.0. The van der Waals surface area contributed by atoms with Crippen LogP contribution in [0.4, 0.5) is 0 Å². The lowest BCUT2D eigenvalue weighted by atomic mass is 10.0. The fourth-order valence-corrected chi connectivity index (χ4v) is 4.41. The van der Waals surface area contributed by atoms with Gasteiger partial charge in [-0.3, -0.25) is 0 Å². The van der Waals surface area contributed by atoms with Crippen LogP contribution in [0.1, 0.15) is 33.2 Å².